The van der Waals surface area contributed by atoms with Gasteiger partial charge in [-0.3, -0.25) is 4.98 Å². The van der Waals surface area contributed by atoms with Gasteiger partial charge in [0.1, 0.15) is 0 Å². The number of urea groups is 1. The summed E-state index contributed by atoms with van der Waals surface area (Å²) in [6.07, 6.45) is 4.03. The van der Waals surface area contributed by atoms with Gasteiger partial charge in [0.2, 0.25) is 5.03 Å². The van der Waals surface area contributed by atoms with Crippen molar-refractivity contribution in [3.63, 3.8) is 0 Å². The van der Waals surface area contributed by atoms with E-state index in [9.17, 15) is 22.2 Å². The number of alkyl halides is 2. The predicted molar refractivity (Wildman–Crippen MR) is 99.1 cm³/mol. The molecule has 12 heteroatoms. The highest BCUT2D eigenvalue weighted by molar-refractivity contribution is 7.91. The number of allylic oxidation sites excluding steroid dienone is 1. The van der Waals surface area contributed by atoms with E-state index >= 15 is 0 Å². The molecule has 0 fully saturated rings. The first-order chi connectivity index (χ1) is 13.7. The number of halogens is 3. The quantitative estimate of drug-likeness (QED) is 0.784. The van der Waals surface area contributed by atoms with Crippen molar-refractivity contribution in [2.24, 2.45) is 9.50 Å². The van der Waals surface area contributed by atoms with Gasteiger partial charge in [0.15, 0.2) is 15.7 Å². The number of pyridine rings is 1. The van der Waals surface area contributed by atoms with E-state index < -0.39 is 33.3 Å². The van der Waals surface area contributed by atoms with Gasteiger partial charge in [0.05, 0.1) is 17.6 Å². The molecule has 1 unspecified atom stereocenters. The Morgan fingerprint density at radius 3 is 2.76 bits per heavy atom. The number of nitrogens with one attached hydrogen (secondary N) is 1. The Hall–Kier alpha value is -2.73. The van der Waals surface area contributed by atoms with Crippen molar-refractivity contribution < 1.29 is 22.2 Å². The van der Waals surface area contributed by atoms with Crippen LogP contribution in [0, 0.1) is 5.82 Å². The van der Waals surface area contributed by atoms with E-state index in [4.69, 9.17) is 5.14 Å². The van der Waals surface area contributed by atoms with Gasteiger partial charge in [-0.1, -0.05) is 6.58 Å². The van der Waals surface area contributed by atoms with Crippen molar-refractivity contribution in [2.45, 2.75) is 43.7 Å². The van der Waals surface area contributed by atoms with E-state index in [1.54, 1.807) is 0 Å². The molecule has 1 atom stereocenters. The van der Waals surface area contributed by atoms with Gasteiger partial charge >= 0.3 is 12.6 Å². The van der Waals surface area contributed by atoms with Gasteiger partial charge in [-0.25, -0.2) is 23.2 Å². The largest absolute Gasteiger partial charge is 0.354 e. The highest BCUT2D eigenvalue weighted by Gasteiger charge is 2.29. The first-order valence-electron chi connectivity index (χ1n) is 8.79. The number of fused-ring (bicyclic) bond motifs is 2. The summed E-state index contributed by atoms with van der Waals surface area (Å²) in [5.74, 6) is -1.34. The third kappa shape index (κ3) is 3.42. The maximum atomic E-state index is 13.9. The van der Waals surface area contributed by atoms with Gasteiger partial charge in [0.25, 0.3) is 0 Å². The highest BCUT2D eigenvalue weighted by atomic mass is 32.2. The molecule has 2 heterocycles. The number of anilines is 1. The summed E-state index contributed by atoms with van der Waals surface area (Å²) < 4.78 is 55.0. The normalized spacial score (nSPS) is 17.2. The molecule has 0 aliphatic heterocycles. The first-order valence-corrected chi connectivity index (χ1v) is 10.4. The minimum absolute atomic E-state index is 0.0428. The molecular formula is C17H17F3N6O2S. The number of hydrogen-bond acceptors (Lipinski definition) is 4. The second kappa shape index (κ2) is 6.95. The van der Waals surface area contributed by atoms with Gasteiger partial charge in [-0.15, -0.1) is 4.36 Å². The van der Waals surface area contributed by atoms with Crippen LogP contribution in [0.25, 0.3) is 5.57 Å². The number of aryl methyl sites for hydroxylation is 1. The number of carbonyl (C=O) groups is 1. The van der Waals surface area contributed by atoms with E-state index in [0.717, 1.165) is 40.9 Å². The molecule has 29 heavy (non-hydrogen) atoms. The average Bonchev–Trinajstić information content (AvgIpc) is 3.33. The van der Waals surface area contributed by atoms with Crippen LogP contribution in [0.1, 0.15) is 41.9 Å². The Morgan fingerprint density at radius 2 is 2.07 bits per heavy atom. The Labute approximate surface area is 164 Å². The number of amides is 2. The summed E-state index contributed by atoms with van der Waals surface area (Å²) in [4.78, 5) is 17.1. The number of hydrogen-bond donors (Lipinski definition) is 2. The van der Waals surface area contributed by atoms with E-state index in [1.165, 1.54) is 0 Å². The molecule has 0 aromatic carbocycles. The smallest absolute Gasteiger partial charge is 0.305 e. The monoisotopic (exact) mass is 426 g/mol. The molecule has 0 bridgehead atoms. The van der Waals surface area contributed by atoms with Crippen LogP contribution < -0.4 is 10.5 Å². The Bertz CT molecular complexity index is 1170. The summed E-state index contributed by atoms with van der Waals surface area (Å²) in [5.41, 5.74) is 4.68. The Morgan fingerprint density at radius 1 is 1.31 bits per heavy atom. The van der Waals surface area contributed by atoms with Gasteiger partial charge in [0, 0.05) is 11.3 Å². The molecule has 2 aliphatic carbocycles. The molecule has 8 nitrogen and oxygen atoms in total. The fraction of sp³-hybridized carbons (Fsp3) is 0.353. The third-order valence-electron chi connectivity index (χ3n) is 4.92. The van der Waals surface area contributed by atoms with Crippen LogP contribution in [0.5, 0.6) is 0 Å². The Balaban J connectivity index is 1.70. The lowest BCUT2D eigenvalue weighted by molar-refractivity contribution is 0.0552. The molecule has 2 aliphatic rings. The van der Waals surface area contributed by atoms with Gasteiger partial charge in [-0.2, -0.15) is 13.9 Å². The van der Waals surface area contributed by atoms with Crippen molar-refractivity contribution in [3.8, 4) is 0 Å². The fourth-order valence-corrected chi connectivity index (χ4v) is 4.57. The standard InChI is InChI=1S/C17H17F3N6O2S/c1-8-5-6-10-13(8)22-12-4-2-3-9(12)14(10)23-17(27)25-29(21,28)15-11(18)7-26(24-15)16(19)20/h7,16H,1-6H2,(H3,21,22,23,25,27,28). The van der Waals surface area contributed by atoms with Crippen LogP contribution in [0.4, 0.5) is 23.7 Å². The molecule has 0 spiro atoms. The molecule has 0 saturated heterocycles. The maximum absolute atomic E-state index is 13.9. The number of carbonyl (C=O) groups excluding carboxylic acids is 1. The molecular weight excluding hydrogens is 409 g/mol. The molecule has 154 valence electrons. The zero-order valence-electron chi connectivity index (χ0n) is 15.1. The van der Waals surface area contributed by atoms with Gasteiger partial charge in [-0.05, 0) is 43.2 Å². The number of aromatic nitrogens is 3. The van der Waals surface area contributed by atoms with Crippen molar-refractivity contribution in [2.75, 3.05) is 5.32 Å². The second-order valence-electron chi connectivity index (χ2n) is 6.83. The van der Waals surface area contributed by atoms with Crippen molar-refractivity contribution >= 4 is 27.2 Å². The minimum Gasteiger partial charge on any atom is -0.305 e. The molecule has 3 N–H and O–H groups in total. The topological polar surface area (TPSA) is 115 Å². The molecule has 0 radical (unpaired) electrons. The summed E-state index contributed by atoms with van der Waals surface area (Å²) in [7, 11) is -4.17. The highest BCUT2D eigenvalue weighted by Crippen LogP contribution is 2.40. The van der Waals surface area contributed by atoms with E-state index in [2.05, 4.69) is 26.3 Å². The summed E-state index contributed by atoms with van der Waals surface area (Å²) in [6, 6.07) is -1.08. The molecule has 2 aromatic rings. The number of rotatable bonds is 3. The van der Waals surface area contributed by atoms with E-state index in [0.29, 0.717) is 31.1 Å². The van der Waals surface area contributed by atoms with Crippen LogP contribution >= 0.6 is 0 Å². The summed E-state index contributed by atoms with van der Waals surface area (Å²) in [6.45, 7) is 0.833. The van der Waals surface area contributed by atoms with E-state index in [1.807, 2.05) is 0 Å². The van der Waals surface area contributed by atoms with Crippen molar-refractivity contribution in [1.29, 1.82) is 0 Å². The SMILES string of the molecule is C=C1CCc2c1nc1c(c2NC(=O)N=S(N)(=O)c2nn(C(F)F)cc2F)CCC1. The first kappa shape index (κ1) is 19.6. The lowest BCUT2D eigenvalue weighted by atomic mass is 10.1. The molecule has 4 rings (SSSR count). The summed E-state index contributed by atoms with van der Waals surface area (Å²) >= 11 is 0. The Kier molecular flexibility index (Phi) is 4.69. The number of nitrogens with zero attached hydrogens (tertiary/aromatic N) is 4. The van der Waals surface area contributed by atoms with Crippen LogP contribution in [0.2, 0.25) is 0 Å². The third-order valence-corrected chi connectivity index (χ3v) is 6.19. The summed E-state index contributed by atoms with van der Waals surface area (Å²) in [5, 5.41) is 10.2. The average molecular weight is 426 g/mol. The molecule has 0 saturated carbocycles. The van der Waals surface area contributed by atoms with Crippen LogP contribution in [-0.2, 0) is 29.2 Å². The van der Waals surface area contributed by atoms with Crippen molar-refractivity contribution in [1.82, 2.24) is 14.8 Å². The maximum Gasteiger partial charge on any atom is 0.354 e. The predicted octanol–water partition coefficient (Wildman–Crippen LogP) is 3.19. The lowest BCUT2D eigenvalue weighted by Crippen LogP contribution is -2.20. The zero-order chi connectivity index (χ0) is 20.9. The number of nitrogens with two attached hydrogens (primary N) is 1. The second-order valence-corrected chi connectivity index (χ2v) is 8.53. The molecule has 2 amide bonds. The van der Waals surface area contributed by atoms with Gasteiger partial charge < -0.3 is 5.32 Å². The van der Waals surface area contributed by atoms with Crippen LogP contribution in [0.15, 0.2) is 22.2 Å². The fourth-order valence-electron chi connectivity index (χ4n) is 3.65. The zero-order valence-corrected chi connectivity index (χ0v) is 15.9. The van der Waals surface area contributed by atoms with Crippen LogP contribution in [0.3, 0.4) is 0 Å². The van der Waals surface area contributed by atoms with E-state index in [-0.39, 0.29) is 4.68 Å². The molecule has 2 aromatic heterocycles. The lowest BCUT2D eigenvalue weighted by Gasteiger charge is -2.14. The van der Waals surface area contributed by atoms with Crippen LogP contribution in [-0.4, -0.2) is 25.0 Å². The van der Waals surface area contributed by atoms with Crippen molar-refractivity contribution in [3.05, 3.63) is 41.1 Å². The minimum atomic E-state index is -4.17.